The van der Waals surface area contributed by atoms with Gasteiger partial charge in [0, 0.05) is 24.9 Å². The minimum atomic E-state index is 0.601. The molecule has 0 saturated carbocycles. The summed E-state index contributed by atoms with van der Waals surface area (Å²) in [7, 11) is 0. The maximum Gasteiger partial charge on any atom is 0.242 e. The van der Waals surface area contributed by atoms with Crippen LogP contribution in [-0.4, -0.2) is 31.7 Å². The van der Waals surface area contributed by atoms with Crippen molar-refractivity contribution in [2.45, 2.75) is 33.1 Å². The molecule has 0 aliphatic heterocycles. The summed E-state index contributed by atoms with van der Waals surface area (Å²) < 4.78 is 0. The fourth-order valence-electron chi connectivity index (χ4n) is 1.74. The van der Waals surface area contributed by atoms with E-state index >= 15 is 0 Å². The van der Waals surface area contributed by atoms with Crippen LogP contribution in [0.1, 0.15) is 30.9 Å². The quantitative estimate of drug-likeness (QED) is 0.804. The Morgan fingerprint density at radius 2 is 2.00 bits per heavy atom. The molecule has 0 amide bonds. The van der Waals surface area contributed by atoms with Crippen molar-refractivity contribution in [3.8, 4) is 0 Å². The highest BCUT2D eigenvalue weighted by molar-refractivity contribution is 5.25. The van der Waals surface area contributed by atoms with Gasteiger partial charge < -0.3 is 10.3 Å². The lowest BCUT2D eigenvalue weighted by atomic mass is 10.2. The fraction of sp³-hybridized carbons (Fsp3) is 0.500. The van der Waals surface area contributed by atoms with Crippen molar-refractivity contribution in [1.82, 2.24) is 25.1 Å². The Morgan fingerprint density at radius 1 is 1.17 bits per heavy atom. The van der Waals surface area contributed by atoms with E-state index in [2.05, 4.69) is 44.3 Å². The normalized spacial score (nSPS) is 10.6. The Hall–Kier alpha value is -1.98. The molecule has 6 nitrogen and oxygen atoms in total. The number of hydrogen-bond acceptors (Lipinski definition) is 5. The summed E-state index contributed by atoms with van der Waals surface area (Å²) in [5.74, 6) is 0.601. The number of aryl methyl sites for hydroxylation is 2. The number of hydrogen-bond donors (Lipinski definition) is 2. The van der Waals surface area contributed by atoms with Crippen molar-refractivity contribution >= 4 is 5.95 Å². The molecule has 0 aliphatic carbocycles. The van der Waals surface area contributed by atoms with Gasteiger partial charge in [-0.25, -0.2) is 9.97 Å². The molecule has 2 N–H and O–H groups in total. The third-order valence-corrected chi connectivity index (χ3v) is 2.74. The Morgan fingerprint density at radius 3 is 2.67 bits per heavy atom. The van der Waals surface area contributed by atoms with Gasteiger partial charge in [0.1, 0.15) is 0 Å². The predicted molar refractivity (Wildman–Crippen MR) is 69.4 cm³/mol. The molecule has 0 aromatic carbocycles. The third-order valence-electron chi connectivity index (χ3n) is 2.74. The molecule has 18 heavy (non-hydrogen) atoms. The van der Waals surface area contributed by atoms with Gasteiger partial charge in [0.2, 0.25) is 5.95 Å². The topological polar surface area (TPSA) is 79.4 Å². The summed E-state index contributed by atoms with van der Waals surface area (Å²) in [6.07, 6.45) is 6.11. The van der Waals surface area contributed by atoms with Crippen molar-refractivity contribution in [1.29, 1.82) is 0 Å². The largest absolute Gasteiger partial charge is 0.353 e. The van der Waals surface area contributed by atoms with Crippen LogP contribution in [0.4, 0.5) is 5.95 Å². The van der Waals surface area contributed by atoms with Crippen molar-refractivity contribution in [2.24, 2.45) is 0 Å². The van der Waals surface area contributed by atoms with E-state index in [0.717, 1.165) is 42.9 Å². The summed E-state index contributed by atoms with van der Waals surface area (Å²) in [6, 6.07) is 0. The van der Waals surface area contributed by atoms with Crippen LogP contribution in [0.2, 0.25) is 0 Å². The molecule has 96 valence electrons. The smallest absolute Gasteiger partial charge is 0.242 e. The summed E-state index contributed by atoms with van der Waals surface area (Å²) >= 11 is 0. The van der Waals surface area contributed by atoms with Crippen molar-refractivity contribution in [3.63, 3.8) is 0 Å². The molecule has 0 spiro atoms. The van der Waals surface area contributed by atoms with E-state index in [4.69, 9.17) is 0 Å². The van der Waals surface area contributed by atoms with Crippen LogP contribution in [-0.2, 0) is 19.3 Å². The van der Waals surface area contributed by atoms with E-state index in [-0.39, 0.29) is 0 Å². The molecular weight excluding hydrogens is 228 g/mol. The van der Waals surface area contributed by atoms with Crippen molar-refractivity contribution in [2.75, 3.05) is 11.9 Å². The molecule has 2 heterocycles. The Kier molecular flexibility index (Phi) is 4.22. The minimum Gasteiger partial charge on any atom is -0.353 e. The lowest BCUT2D eigenvalue weighted by molar-refractivity contribution is 0.816. The van der Waals surface area contributed by atoms with E-state index in [0.29, 0.717) is 5.95 Å². The average molecular weight is 246 g/mol. The number of nitrogens with zero attached hydrogens (tertiary/aromatic N) is 4. The zero-order chi connectivity index (χ0) is 12.8. The second kappa shape index (κ2) is 6.09. The van der Waals surface area contributed by atoms with Crippen LogP contribution >= 0.6 is 0 Å². The van der Waals surface area contributed by atoms with E-state index in [1.165, 1.54) is 0 Å². The molecule has 0 atom stereocenters. The molecule has 0 saturated heterocycles. The van der Waals surface area contributed by atoms with Crippen LogP contribution < -0.4 is 5.32 Å². The molecule has 6 heteroatoms. The molecule has 2 rings (SSSR count). The predicted octanol–water partition coefficient (Wildman–Crippen LogP) is 1.37. The SMILES string of the molecule is CCc1nnc(NCCc2cnc[nH]2)nc1CC. The minimum absolute atomic E-state index is 0.601. The highest BCUT2D eigenvalue weighted by Gasteiger charge is 2.05. The number of anilines is 1. The van der Waals surface area contributed by atoms with E-state index in [1.54, 1.807) is 6.33 Å². The van der Waals surface area contributed by atoms with Gasteiger partial charge in [0.15, 0.2) is 0 Å². The van der Waals surface area contributed by atoms with Crippen molar-refractivity contribution < 1.29 is 0 Å². The molecule has 0 fully saturated rings. The average Bonchev–Trinajstić information content (AvgIpc) is 2.91. The Bertz CT molecular complexity index is 479. The molecule has 0 unspecified atom stereocenters. The fourth-order valence-corrected chi connectivity index (χ4v) is 1.74. The van der Waals surface area contributed by atoms with Gasteiger partial charge in [-0.2, -0.15) is 5.10 Å². The van der Waals surface area contributed by atoms with Gasteiger partial charge in [-0.1, -0.05) is 13.8 Å². The maximum atomic E-state index is 4.47. The number of aromatic nitrogens is 5. The van der Waals surface area contributed by atoms with Crippen molar-refractivity contribution in [3.05, 3.63) is 29.6 Å². The van der Waals surface area contributed by atoms with Gasteiger partial charge in [-0.15, -0.1) is 5.10 Å². The highest BCUT2D eigenvalue weighted by atomic mass is 15.2. The van der Waals surface area contributed by atoms with Gasteiger partial charge in [-0.3, -0.25) is 0 Å². The molecule has 0 radical (unpaired) electrons. The Balaban J connectivity index is 1.93. The number of nitrogens with one attached hydrogen (secondary N) is 2. The lowest BCUT2D eigenvalue weighted by Gasteiger charge is -2.07. The molecule has 2 aromatic heterocycles. The highest BCUT2D eigenvalue weighted by Crippen LogP contribution is 2.06. The molecule has 0 bridgehead atoms. The van der Waals surface area contributed by atoms with E-state index in [9.17, 15) is 0 Å². The summed E-state index contributed by atoms with van der Waals surface area (Å²) in [4.78, 5) is 11.5. The third kappa shape index (κ3) is 3.03. The number of aromatic amines is 1. The summed E-state index contributed by atoms with van der Waals surface area (Å²) in [5.41, 5.74) is 3.10. The number of imidazole rings is 1. The van der Waals surface area contributed by atoms with Crippen LogP contribution in [0.5, 0.6) is 0 Å². The van der Waals surface area contributed by atoms with Gasteiger partial charge in [0.25, 0.3) is 0 Å². The second-order valence-electron chi connectivity index (χ2n) is 3.99. The maximum absolute atomic E-state index is 4.47. The first-order chi connectivity index (χ1) is 8.83. The first kappa shape index (κ1) is 12.5. The standard InChI is InChI=1S/C12H18N6/c1-3-10-11(4-2)17-18-12(16-10)14-6-5-9-7-13-8-15-9/h7-8H,3-6H2,1-2H3,(H,13,15)(H,14,16,18). The van der Waals surface area contributed by atoms with Crippen LogP contribution in [0, 0.1) is 0 Å². The molecule has 0 aliphatic rings. The molecule has 2 aromatic rings. The lowest BCUT2D eigenvalue weighted by Crippen LogP contribution is -2.12. The van der Waals surface area contributed by atoms with Crippen LogP contribution in [0.25, 0.3) is 0 Å². The number of H-pyrrole nitrogens is 1. The first-order valence-corrected chi connectivity index (χ1v) is 6.27. The van der Waals surface area contributed by atoms with E-state index in [1.807, 2.05) is 6.20 Å². The van der Waals surface area contributed by atoms with E-state index < -0.39 is 0 Å². The second-order valence-corrected chi connectivity index (χ2v) is 3.99. The van der Waals surface area contributed by atoms with Gasteiger partial charge in [0.05, 0.1) is 17.7 Å². The van der Waals surface area contributed by atoms with Crippen LogP contribution in [0.3, 0.4) is 0 Å². The molecular formula is C12H18N6. The Labute approximate surface area is 106 Å². The first-order valence-electron chi connectivity index (χ1n) is 6.27. The zero-order valence-electron chi connectivity index (χ0n) is 10.8. The number of rotatable bonds is 6. The van der Waals surface area contributed by atoms with Crippen LogP contribution in [0.15, 0.2) is 12.5 Å². The van der Waals surface area contributed by atoms with Gasteiger partial charge in [-0.05, 0) is 12.8 Å². The van der Waals surface area contributed by atoms with Gasteiger partial charge >= 0.3 is 0 Å². The summed E-state index contributed by atoms with van der Waals surface area (Å²) in [6.45, 7) is 4.91. The summed E-state index contributed by atoms with van der Waals surface area (Å²) in [5, 5.41) is 11.4. The zero-order valence-corrected chi connectivity index (χ0v) is 10.8. The monoisotopic (exact) mass is 246 g/mol.